The van der Waals surface area contributed by atoms with E-state index in [-0.39, 0.29) is 0 Å². The van der Waals surface area contributed by atoms with E-state index in [1.165, 1.54) is 32.1 Å². The Morgan fingerprint density at radius 2 is 1.94 bits per heavy atom. The normalized spacial score (nSPS) is 15.2. The summed E-state index contributed by atoms with van der Waals surface area (Å²) in [5, 5.41) is 13.0. The van der Waals surface area contributed by atoms with E-state index >= 15 is 0 Å². The van der Waals surface area contributed by atoms with Gasteiger partial charge in [-0.3, -0.25) is 0 Å². The van der Waals surface area contributed by atoms with Crippen molar-refractivity contribution in [1.82, 2.24) is 15.2 Å². The molecule has 1 fully saturated rings. The second-order valence-electron chi connectivity index (χ2n) is 4.50. The van der Waals surface area contributed by atoms with Gasteiger partial charge in [-0.25, -0.2) is 5.10 Å². The summed E-state index contributed by atoms with van der Waals surface area (Å²) in [6, 6.07) is 0. The molecular weight excluding hydrogens is 214 g/mol. The van der Waals surface area contributed by atoms with Crippen LogP contribution in [0.3, 0.4) is 0 Å². The Labute approximate surface area is 104 Å². The highest BCUT2D eigenvalue weighted by Crippen LogP contribution is 2.24. The van der Waals surface area contributed by atoms with Gasteiger partial charge in [0, 0.05) is 13.6 Å². The van der Waals surface area contributed by atoms with Gasteiger partial charge in [-0.1, -0.05) is 33.1 Å². The largest absolute Gasteiger partial charge is 0.356 e. The van der Waals surface area contributed by atoms with Gasteiger partial charge >= 0.3 is 0 Å². The first-order valence-electron chi connectivity index (χ1n) is 6.64. The molecule has 0 unspecified atom stereocenters. The molecule has 1 aliphatic carbocycles. The van der Waals surface area contributed by atoms with Crippen molar-refractivity contribution in [2.24, 2.45) is 5.92 Å². The lowest BCUT2D eigenvalue weighted by Crippen LogP contribution is -2.11. The second-order valence-corrected chi connectivity index (χ2v) is 4.50. The third-order valence-electron chi connectivity index (χ3n) is 2.74. The monoisotopic (exact) mass is 239 g/mol. The highest BCUT2D eigenvalue weighted by molar-refractivity contribution is 5.32. The molecule has 5 nitrogen and oxygen atoms in total. The minimum atomic E-state index is 0.638. The highest BCUT2D eigenvalue weighted by Gasteiger charge is 2.14. The van der Waals surface area contributed by atoms with Gasteiger partial charge in [0.05, 0.1) is 0 Å². The molecule has 5 heteroatoms. The van der Waals surface area contributed by atoms with Crippen LogP contribution in [0, 0.1) is 5.92 Å². The Hall–Kier alpha value is -1.26. The van der Waals surface area contributed by atoms with Crippen molar-refractivity contribution in [2.75, 3.05) is 24.2 Å². The summed E-state index contributed by atoms with van der Waals surface area (Å²) in [5.74, 6) is 2.22. The van der Waals surface area contributed by atoms with E-state index in [1.54, 1.807) is 0 Å². The third-order valence-corrected chi connectivity index (χ3v) is 2.74. The van der Waals surface area contributed by atoms with Crippen LogP contribution in [0.2, 0.25) is 0 Å². The molecule has 0 aliphatic heterocycles. The highest BCUT2D eigenvalue weighted by atomic mass is 15.3. The molecule has 0 aromatic carbocycles. The molecular formula is C12H25N5. The summed E-state index contributed by atoms with van der Waals surface area (Å²) in [7, 11) is 1.81. The van der Waals surface area contributed by atoms with Crippen LogP contribution in [0.25, 0.3) is 0 Å². The zero-order valence-electron chi connectivity index (χ0n) is 11.2. The molecule has 0 bridgehead atoms. The molecule has 0 radical (unpaired) electrons. The van der Waals surface area contributed by atoms with Gasteiger partial charge in [-0.05, 0) is 18.8 Å². The summed E-state index contributed by atoms with van der Waals surface area (Å²) in [5.41, 5.74) is 0. The molecule has 0 atom stereocenters. The predicted molar refractivity (Wildman–Crippen MR) is 72.3 cm³/mol. The molecule has 1 heterocycles. The van der Waals surface area contributed by atoms with Gasteiger partial charge in [0.1, 0.15) is 0 Å². The van der Waals surface area contributed by atoms with Gasteiger partial charge < -0.3 is 10.6 Å². The first-order chi connectivity index (χ1) is 8.30. The van der Waals surface area contributed by atoms with Crippen molar-refractivity contribution in [1.29, 1.82) is 0 Å². The van der Waals surface area contributed by atoms with Gasteiger partial charge in [-0.15, -0.1) is 5.10 Å². The number of hydrogen-bond acceptors (Lipinski definition) is 4. The number of aromatic nitrogens is 3. The smallest absolute Gasteiger partial charge is 0.243 e. The van der Waals surface area contributed by atoms with Crippen molar-refractivity contribution in [3.8, 4) is 0 Å². The second kappa shape index (κ2) is 7.92. The summed E-state index contributed by atoms with van der Waals surface area (Å²) in [6.45, 7) is 5.26. The van der Waals surface area contributed by atoms with Crippen LogP contribution >= 0.6 is 0 Å². The number of H-pyrrole nitrogens is 1. The van der Waals surface area contributed by atoms with E-state index in [0.29, 0.717) is 5.95 Å². The first-order valence-corrected chi connectivity index (χ1v) is 6.64. The van der Waals surface area contributed by atoms with E-state index in [2.05, 4.69) is 39.7 Å². The zero-order valence-corrected chi connectivity index (χ0v) is 11.2. The first kappa shape index (κ1) is 13.8. The van der Waals surface area contributed by atoms with E-state index in [4.69, 9.17) is 0 Å². The maximum Gasteiger partial charge on any atom is 0.243 e. The Morgan fingerprint density at radius 3 is 2.47 bits per heavy atom. The van der Waals surface area contributed by atoms with Crippen molar-refractivity contribution < 1.29 is 0 Å². The van der Waals surface area contributed by atoms with E-state index in [0.717, 1.165) is 18.4 Å². The standard InChI is InChI=1S/C9H17N5.C3H8/c1-10-8-12-9(14-13-8)11-6-7-4-2-3-5-7;1-3-2/h7H,2-6H2,1H3,(H3,10,11,12,13,14);3H2,1-2H3. The lowest BCUT2D eigenvalue weighted by Gasteiger charge is -2.08. The summed E-state index contributed by atoms with van der Waals surface area (Å²) < 4.78 is 0. The lowest BCUT2D eigenvalue weighted by atomic mass is 10.1. The van der Waals surface area contributed by atoms with E-state index in [1.807, 2.05) is 7.05 Å². The summed E-state index contributed by atoms with van der Waals surface area (Å²) >= 11 is 0. The van der Waals surface area contributed by atoms with Crippen molar-refractivity contribution in [3.05, 3.63) is 0 Å². The molecule has 17 heavy (non-hydrogen) atoms. The predicted octanol–water partition coefficient (Wildman–Crippen LogP) is 2.86. The van der Waals surface area contributed by atoms with E-state index < -0.39 is 0 Å². The van der Waals surface area contributed by atoms with Gasteiger partial charge in [-0.2, -0.15) is 4.98 Å². The molecule has 0 amide bonds. The molecule has 1 aliphatic rings. The van der Waals surface area contributed by atoms with Crippen molar-refractivity contribution in [2.45, 2.75) is 46.0 Å². The number of aromatic amines is 1. The maximum absolute atomic E-state index is 4.20. The van der Waals surface area contributed by atoms with Crippen LogP contribution in [0.15, 0.2) is 0 Å². The SMILES string of the molecule is CCC.CNc1n[nH]c(NCC2CCCC2)n1. The molecule has 1 saturated carbocycles. The Bertz CT molecular complexity index is 291. The van der Waals surface area contributed by atoms with Crippen LogP contribution in [-0.2, 0) is 0 Å². The van der Waals surface area contributed by atoms with Crippen LogP contribution in [0.1, 0.15) is 46.0 Å². The number of hydrogen-bond donors (Lipinski definition) is 3. The molecule has 98 valence electrons. The zero-order chi connectivity index (χ0) is 12.5. The minimum Gasteiger partial charge on any atom is -0.356 e. The van der Waals surface area contributed by atoms with E-state index in [9.17, 15) is 0 Å². The number of anilines is 2. The number of nitrogens with one attached hydrogen (secondary N) is 3. The summed E-state index contributed by atoms with van der Waals surface area (Å²) in [4.78, 5) is 4.20. The molecule has 2 rings (SSSR count). The average Bonchev–Trinajstić information content (AvgIpc) is 2.99. The Balaban J connectivity index is 0.000000437. The molecule has 1 aromatic rings. The fourth-order valence-electron chi connectivity index (χ4n) is 1.91. The fraction of sp³-hybridized carbons (Fsp3) is 0.833. The molecule has 0 spiro atoms. The minimum absolute atomic E-state index is 0.638. The maximum atomic E-state index is 4.20. The Kier molecular flexibility index (Phi) is 6.43. The average molecular weight is 239 g/mol. The van der Waals surface area contributed by atoms with Gasteiger partial charge in [0.2, 0.25) is 11.9 Å². The number of nitrogens with zero attached hydrogens (tertiary/aromatic N) is 2. The van der Waals surface area contributed by atoms with Crippen molar-refractivity contribution >= 4 is 11.9 Å². The molecule has 0 saturated heterocycles. The fourth-order valence-corrected chi connectivity index (χ4v) is 1.91. The quantitative estimate of drug-likeness (QED) is 0.756. The van der Waals surface area contributed by atoms with Crippen LogP contribution in [-0.4, -0.2) is 28.8 Å². The molecule has 3 N–H and O–H groups in total. The lowest BCUT2D eigenvalue weighted by molar-refractivity contribution is 0.578. The van der Waals surface area contributed by atoms with Crippen LogP contribution < -0.4 is 10.6 Å². The topological polar surface area (TPSA) is 65.6 Å². The van der Waals surface area contributed by atoms with Gasteiger partial charge in [0.25, 0.3) is 0 Å². The van der Waals surface area contributed by atoms with Crippen LogP contribution in [0.5, 0.6) is 0 Å². The molecule has 1 aromatic heterocycles. The third kappa shape index (κ3) is 5.06. The van der Waals surface area contributed by atoms with Crippen LogP contribution in [0.4, 0.5) is 11.9 Å². The number of rotatable bonds is 4. The summed E-state index contributed by atoms with van der Waals surface area (Å²) in [6.07, 6.45) is 6.70. The van der Waals surface area contributed by atoms with Gasteiger partial charge in [0.15, 0.2) is 0 Å². The van der Waals surface area contributed by atoms with Crippen molar-refractivity contribution in [3.63, 3.8) is 0 Å². The Morgan fingerprint density at radius 1 is 1.29 bits per heavy atom.